The fourth-order valence-electron chi connectivity index (χ4n) is 3.68. The summed E-state index contributed by atoms with van der Waals surface area (Å²) in [6.45, 7) is 5.60. The number of hydrogen-bond donors (Lipinski definition) is 1. The van der Waals surface area contributed by atoms with Gasteiger partial charge in [-0.15, -0.1) is 0 Å². The van der Waals surface area contributed by atoms with Gasteiger partial charge in [-0.25, -0.2) is 4.98 Å². The standard InChI is InChI=1S/C18H22N6O2/c1-11-7-15(16-12(2)20-22(3)17(16)19-11)18(26)23-5-4-6-24-14(9-23)8-13(10-25)21-24/h7-8,25H,4-6,9-10H2,1-3H3. The van der Waals surface area contributed by atoms with Gasteiger partial charge in [0, 0.05) is 25.8 Å². The Balaban J connectivity index is 1.75. The van der Waals surface area contributed by atoms with E-state index in [1.807, 2.05) is 42.6 Å². The number of nitrogens with zero attached hydrogens (tertiary/aromatic N) is 6. The Hall–Kier alpha value is -2.74. The number of pyridine rings is 1. The van der Waals surface area contributed by atoms with E-state index in [-0.39, 0.29) is 12.5 Å². The molecule has 3 aromatic heterocycles. The summed E-state index contributed by atoms with van der Waals surface area (Å²) in [4.78, 5) is 19.7. The van der Waals surface area contributed by atoms with Crippen LogP contribution >= 0.6 is 0 Å². The van der Waals surface area contributed by atoms with Crippen molar-refractivity contribution in [2.45, 2.75) is 40.0 Å². The van der Waals surface area contributed by atoms with Gasteiger partial charge in [0.05, 0.1) is 41.2 Å². The molecule has 0 saturated carbocycles. The van der Waals surface area contributed by atoms with Crippen LogP contribution in [0.3, 0.4) is 0 Å². The third kappa shape index (κ3) is 2.66. The summed E-state index contributed by atoms with van der Waals surface area (Å²) in [5.74, 6) is -0.0169. The van der Waals surface area contributed by atoms with Crippen LogP contribution in [-0.2, 0) is 26.7 Å². The summed E-state index contributed by atoms with van der Waals surface area (Å²) >= 11 is 0. The molecule has 1 aliphatic rings. The fourth-order valence-corrected chi connectivity index (χ4v) is 3.68. The molecule has 0 spiro atoms. The molecule has 8 heteroatoms. The van der Waals surface area contributed by atoms with Crippen LogP contribution < -0.4 is 0 Å². The van der Waals surface area contributed by atoms with Gasteiger partial charge in [-0.05, 0) is 32.4 Å². The van der Waals surface area contributed by atoms with E-state index >= 15 is 0 Å². The van der Waals surface area contributed by atoms with Gasteiger partial charge >= 0.3 is 0 Å². The molecule has 0 fully saturated rings. The van der Waals surface area contributed by atoms with Gasteiger partial charge in [-0.2, -0.15) is 10.2 Å². The molecular weight excluding hydrogens is 332 g/mol. The van der Waals surface area contributed by atoms with Crippen molar-refractivity contribution >= 4 is 16.9 Å². The Morgan fingerprint density at radius 3 is 2.81 bits per heavy atom. The number of rotatable bonds is 2. The quantitative estimate of drug-likeness (QED) is 0.750. The minimum atomic E-state index is -0.0903. The van der Waals surface area contributed by atoms with Gasteiger partial charge in [0.1, 0.15) is 0 Å². The van der Waals surface area contributed by atoms with Crippen molar-refractivity contribution in [1.29, 1.82) is 0 Å². The van der Waals surface area contributed by atoms with Crippen LogP contribution in [0.2, 0.25) is 0 Å². The van der Waals surface area contributed by atoms with Gasteiger partial charge in [0.2, 0.25) is 0 Å². The lowest BCUT2D eigenvalue weighted by atomic mass is 10.1. The van der Waals surface area contributed by atoms with Crippen LogP contribution in [0.4, 0.5) is 0 Å². The van der Waals surface area contributed by atoms with E-state index in [1.165, 1.54) is 0 Å². The van der Waals surface area contributed by atoms with E-state index in [0.29, 0.717) is 24.3 Å². The largest absolute Gasteiger partial charge is 0.390 e. The molecule has 1 N–H and O–H groups in total. The number of aryl methyl sites for hydroxylation is 4. The molecule has 3 aromatic rings. The van der Waals surface area contributed by atoms with E-state index in [2.05, 4.69) is 15.2 Å². The van der Waals surface area contributed by atoms with Gasteiger partial charge in [-0.1, -0.05) is 0 Å². The first-order valence-corrected chi connectivity index (χ1v) is 8.74. The van der Waals surface area contributed by atoms with E-state index in [0.717, 1.165) is 41.1 Å². The molecule has 1 aliphatic heterocycles. The van der Waals surface area contributed by atoms with Gasteiger partial charge in [0.15, 0.2) is 5.65 Å². The number of fused-ring (bicyclic) bond motifs is 2. The van der Waals surface area contributed by atoms with Gasteiger partial charge in [-0.3, -0.25) is 14.2 Å². The smallest absolute Gasteiger partial charge is 0.255 e. The topological polar surface area (TPSA) is 89.1 Å². The average Bonchev–Trinajstić information content (AvgIpc) is 3.06. The van der Waals surface area contributed by atoms with Crippen LogP contribution in [0.15, 0.2) is 12.1 Å². The van der Waals surface area contributed by atoms with Crippen molar-refractivity contribution in [3.63, 3.8) is 0 Å². The summed E-state index contributed by atoms with van der Waals surface area (Å²) in [5.41, 5.74) is 4.57. The molecule has 0 aromatic carbocycles. The molecular formula is C18H22N6O2. The molecule has 0 unspecified atom stereocenters. The predicted octanol–water partition coefficient (Wildman–Crippen LogP) is 1.32. The molecule has 0 saturated heterocycles. The number of amides is 1. The highest BCUT2D eigenvalue weighted by molar-refractivity contribution is 6.06. The molecule has 4 heterocycles. The lowest BCUT2D eigenvalue weighted by molar-refractivity contribution is 0.0747. The van der Waals surface area contributed by atoms with Gasteiger partial charge < -0.3 is 10.0 Å². The second-order valence-electron chi connectivity index (χ2n) is 6.81. The molecule has 136 valence electrons. The Bertz CT molecular complexity index is 1000. The van der Waals surface area contributed by atoms with E-state index in [4.69, 9.17) is 0 Å². The number of aromatic nitrogens is 5. The van der Waals surface area contributed by atoms with Crippen molar-refractivity contribution in [2.75, 3.05) is 6.54 Å². The minimum Gasteiger partial charge on any atom is -0.390 e. The summed E-state index contributed by atoms with van der Waals surface area (Å²) in [6.07, 6.45) is 0.824. The number of aliphatic hydroxyl groups excluding tert-OH is 1. The zero-order chi connectivity index (χ0) is 18.4. The summed E-state index contributed by atoms with van der Waals surface area (Å²) in [7, 11) is 1.84. The number of hydrogen-bond acceptors (Lipinski definition) is 5. The van der Waals surface area contributed by atoms with E-state index < -0.39 is 0 Å². The molecule has 4 rings (SSSR count). The number of carbonyl (C=O) groups excluding carboxylic acids is 1. The maximum Gasteiger partial charge on any atom is 0.255 e. The van der Waals surface area contributed by atoms with Gasteiger partial charge in [0.25, 0.3) is 5.91 Å². The van der Waals surface area contributed by atoms with Crippen molar-refractivity contribution in [3.8, 4) is 0 Å². The molecule has 0 atom stereocenters. The number of carbonyl (C=O) groups is 1. The minimum absolute atomic E-state index is 0.0169. The van der Waals surface area contributed by atoms with Crippen LogP contribution in [-0.4, -0.2) is 47.0 Å². The average molecular weight is 354 g/mol. The maximum absolute atomic E-state index is 13.3. The highest BCUT2D eigenvalue weighted by atomic mass is 16.3. The second-order valence-corrected chi connectivity index (χ2v) is 6.81. The first-order valence-electron chi connectivity index (χ1n) is 8.74. The molecule has 0 aliphatic carbocycles. The fraction of sp³-hybridized carbons (Fsp3) is 0.444. The maximum atomic E-state index is 13.3. The second kappa shape index (κ2) is 6.21. The molecule has 1 amide bonds. The first kappa shape index (κ1) is 16.7. The zero-order valence-corrected chi connectivity index (χ0v) is 15.2. The van der Waals surface area contributed by atoms with Crippen LogP contribution in [0.25, 0.3) is 11.0 Å². The Morgan fingerprint density at radius 2 is 2.04 bits per heavy atom. The molecule has 26 heavy (non-hydrogen) atoms. The van der Waals surface area contributed by atoms with Crippen LogP contribution in [0.1, 0.15) is 39.6 Å². The Labute approximate surface area is 151 Å². The third-order valence-electron chi connectivity index (χ3n) is 4.84. The summed E-state index contributed by atoms with van der Waals surface area (Å²) in [5, 5.41) is 18.9. The SMILES string of the molecule is Cc1cc(C(=O)N2CCCn3nc(CO)cc3C2)c2c(C)nn(C)c2n1. The van der Waals surface area contributed by atoms with E-state index in [9.17, 15) is 9.90 Å². The Morgan fingerprint density at radius 1 is 1.23 bits per heavy atom. The van der Waals surface area contributed by atoms with Crippen molar-refractivity contribution in [3.05, 3.63) is 40.5 Å². The summed E-state index contributed by atoms with van der Waals surface area (Å²) in [6, 6.07) is 3.72. The number of aliphatic hydroxyl groups is 1. The Kier molecular flexibility index (Phi) is 3.99. The first-order chi connectivity index (χ1) is 12.5. The van der Waals surface area contributed by atoms with Crippen molar-refractivity contribution in [1.82, 2.24) is 29.4 Å². The third-order valence-corrected chi connectivity index (χ3v) is 4.84. The highest BCUT2D eigenvalue weighted by Gasteiger charge is 2.25. The zero-order valence-electron chi connectivity index (χ0n) is 15.2. The van der Waals surface area contributed by atoms with Crippen molar-refractivity contribution < 1.29 is 9.90 Å². The summed E-state index contributed by atoms with van der Waals surface area (Å²) < 4.78 is 3.61. The van der Waals surface area contributed by atoms with Crippen LogP contribution in [0.5, 0.6) is 0 Å². The predicted molar refractivity (Wildman–Crippen MR) is 95.5 cm³/mol. The lowest BCUT2D eigenvalue weighted by Crippen LogP contribution is -2.31. The molecule has 0 radical (unpaired) electrons. The molecule has 0 bridgehead atoms. The van der Waals surface area contributed by atoms with E-state index in [1.54, 1.807) is 4.68 Å². The normalized spacial score (nSPS) is 14.5. The highest BCUT2D eigenvalue weighted by Crippen LogP contribution is 2.24. The molecule has 8 nitrogen and oxygen atoms in total. The lowest BCUT2D eigenvalue weighted by Gasteiger charge is -2.20. The van der Waals surface area contributed by atoms with Crippen molar-refractivity contribution in [2.24, 2.45) is 7.05 Å². The monoisotopic (exact) mass is 354 g/mol. The van der Waals surface area contributed by atoms with Crippen LogP contribution in [0, 0.1) is 13.8 Å².